The van der Waals surface area contributed by atoms with E-state index in [1.807, 2.05) is 4.90 Å². The van der Waals surface area contributed by atoms with Crippen molar-refractivity contribution in [2.24, 2.45) is 0 Å². The molecule has 3 rings (SSSR count). The second-order valence-corrected chi connectivity index (χ2v) is 6.87. The van der Waals surface area contributed by atoms with Crippen molar-refractivity contribution in [1.82, 2.24) is 4.90 Å². The highest BCUT2D eigenvalue weighted by atomic mass is 19.1. The zero-order valence-electron chi connectivity index (χ0n) is 17.5. The lowest BCUT2D eigenvalue weighted by molar-refractivity contribution is -0.148. The first-order valence-electron chi connectivity index (χ1n) is 9.86. The van der Waals surface area contributed by atoms with Gasteiger partial charge in [0, 0.05) is 32.3 Å². The molecular weight excluding hydrogens is 403 g/mol. The number of carbonyl (C=O) groups is 2. The zero-order valence-corrected chi connectivity index (χ0v) is 17.5. The van der Waals surface area contributed by atoms with Gasteiger partial charge in [-0.2, -0.15) is 0 Å². The van der Waals surface area contributed by atoms with Crippen molar-refractivity contribution in [3.8, 4) is 11.5 Å². The third kappa shape index (κ3) is 5.75. The molecule has 1 aliphatic heterocycles. The summed E-state index contributed by atoms with van der Waals surface area (Å²) in [5, 5.41) is 0. The molecule has 1 fully saturated rings. The molecule has 164 valence electrons. The Labute approximate surface area is 180 Å². The predicted molar refractivity (Wildman–Crippen MR) is 115 cm³/mol. The molecule has 0 aliphatic carbocycles. The van der Waals surface area contributed by atoms with E-state index in [9.17, 15) is 14.0 Å². The second kappa shape index (κ2) is 10.5. The number of halogens is 1. The van der Waals surface area contributed by atoms with Crippen LogP contribution in [0.5, 0.6) is 11.5 Å². The molecule has 1 aliphatic rings. The quantitative estimate of drug-likeness (QED) is 0.499. The normalized spacial score (nSPS) is 13.9. The molecule has 8 heteroatoms. The molecule has 0 atom stereocenters. The lowest BCUT2D eigenvalue weighted by Gasteiger charge is -2.36. The topological polar surface area (TPSA) is 68.3 Å². The van der Waals surface area contributed by atoms with E-state index in [-0.39, 0.29) is 18.3 Å². The van der Waals surface area contributed by atoms with Gasteiger partial charge in [0.2, 0.25) is 0 Å². The third-order valence-corrected chi connectivity index (χ3v) is 4.98. The summed E-state index contributed by atoms with van der Waals surface area (Å²) in [5.74, 6) is -0.0442. The molecule has 0 bridgehead atoms. The first-order chi connectivity index (χ1) is 15.0. The van der Waals surface area contributed by atoms with Gasteiger partial charge in [-0.15, -0.1) is 0 Å². The molecule has 0 aromatic heterocycles. The molecule has 2 aromatic rings. The van der Waals surface area contributed by atoms with Crippen LogP contribution in [0.15, 0.2) is 48.5 Å². The van der Waals surface area contributed by atoms with Gasteiger partial charge in [-0.3, -0.25) is 4.79 Å². The molecule has 7 nitrogen and oxygen atoms in total. The van der Waals surface area contributed by atoms with Crippen LogP contribution in [0.1, 0.15) is 5.56 Å². The van der Waals surface area contributed by atoms with Crippen molar-refractivity contribution < 1.29 is 28.2 Å². The monoisotopic (exact) mass is 428 g/mol. The number of amides is 1. The highest BCUT2D eigenvalue weighted by Gasteiger charge is 2.23. The number of methoxy groups -OCH3 is 2. The fourth-order valence-corrected chi connectivity index (χ4v) is 3.30. The number of piperazine rings is 1. The Morgan fingerprint density at radius 3 is 2.39 bits per heavy atom. The van der Waals surface area contributed by atoms with Crippen LogP contribution in [-0.2, 0) is 14.3 Å². The van der Waals surface area contributed by atoms with E-state index in [4.69, 9.17) is 14.2 Å². The summed E-state index contributed by atoms with van der Waals surface area (Å²) in [5.41, 5.74) is 1.26. The van der Waals surface area contributed by atoms with Crippen LogP contribution >= 0.6 is 0 Å². The molecule has 1 amide bonds. The molecule has 1 saturated heterocycles. The Kier molecular flexibility index (Phi) is 7.48. The van der Waals surface area contributed by atoms with E-state index >= 15 is 0 Å². The zero-order chi connectivity index (χ0) is 22.2. The number of ether oxygens (including phenoxy) is 3. The molecule has 0 N–H and O–H groups in total. The van der Waals surface area contributed by atoms with Crippen LogP contribution in [-0.4, -0.2) is 63.8 Å². The number of para-hydroxylation sites is 1. The van der Waals surface area contributed by atoms with Crippen molar-refractivity contribution >= 4 is 23.6 Å². The number of rotatable bonds is 7. The molecule has 0 saturated carbocycles. The Bertz CT molecular complexity index is 955. The summed E-state index contributed by atoms with van der Waals surface area (Å²) in [6.07, 6.45) is 2.83. The first kappa shape index (κ1) is 22.1. The smallest absolute Gasteiger partial charge is 0.331 e. The van der Waals surface area contributed by atoms with Crippen LogP contribution < -0.4 is 14.4 Å². The van der Waals surface area contributed by atoms with Crippen molar-refractivity contribution in [2.75, 3.05) is 51.9 Å². The average Bonchev–Trinajstić information content (AvgIpc) is 2.81. The fraction of sp³-hybridized carbons (Fsp3) is 0.304. The van der Waals surface area contributed by atoms with Crippen molar-refractivity contribution in [1.29, 1.82) is 0 Å². The largest absolute Gasteiger partial charge is 0.493 e. The van der Waals surface area contributed by atoms with Crippen molar-refractivity contribution in [3.63, 3.8) is 0 Å². The molecule has 0 radical (unpaired) electrons. The van der Waals surface area contributed by atoms with Gasteiger partial charge in [-0.05, 0) is 35.9 Å². The standard InChI is InChI=1S/C23H25FN2O5/c1-29-20-9-7-17(15-21(20)30-2)8-10-23(28)31-16-22(27)26-13-11-25(12-14-26)19-6-4-3-5-18(19)24/h3-10,15H,11-14,16H2,1-2H3. The van der Waals surface area contributed by atoms with Crippen LogP contribution in [0.2, 0.25) is 0 Å². The van der Waals surface area contributed by atoms with Crippen molar-refractivity contribution in [3.05, 3.63) is 59.9 Å². The minimum atomic E-state index is -0.617. The van der Waals surface area contributed by atoms with E-state index in [2.05, 4.69) is 0 Å². The molecule has 1 heterocycles. The number of esters is 1. The second-order valence-electron chi connectivity index (χ2n) is 6.87. The maximum absolute atomic E-state index is 13.9. The first-order valence-corrected chi connectivity index (χ1v) is 9.86. The van der Waals surface area contributed by atoms with E-state index in [1.165, 1.54) is 19.3 Å². The van der Waals surface area contributed by atoms with Gasteiger partial charge in [-0.25, -0.2) is 9.18 Å². The van der Waals surface area contributed by atoms with Gasteiger partial charge in [-0.1, -0.05) is 18.2 Å². The van der Waals surface area contributed by atoms with E-state index in [0.29, 0.717) is 43.4 Å². The summed E-state index contributed by atoms with van der Waals surface area (Å²) in [4.78, 5) is 27.8. The van der Waals surface area contributed by atoms with Crippen molar-refractivity contribution in [2.45, 2.75) is 0 Å². The summed E-state index contributed by atoms with van der Waals surface area (Å²) in [6.45, 7) is 1.56. The van der Waals surface area contributed by atoms with Gasteiger partial charge in [0.05, 0.1) is 19.9 Å². The minimum Gasteiger partial charge on any atom is -0.493 e. The number of anilines is 1. The van der Waals surface area contributed by atoms with Crippen LogP contribution in [0.25, 0.3) is 6.08 Å². The number of benzene rings is 2. The number of nitrogens with zero attached hydrogens (tertiary/aromatic N) is 2. The highest BCUT2D eigenvalue weighted by molar-refractivity contribution is 5.89. The highest BCUT2D eigenvalue weighted by Crippen LogP contribution is 2.28. The Hall–Kier alpha value is -3.55. The molecule has 0 spiro atoms. The maximum atomic E-state index is 13.9. The minimum absolute atomic E-state index is 0.277. The number of hydrogen-bond donors (Lipinski definition) is 0. The van der Waals surface area contributed by atoms with Crippen LogP contribution in [0, 0.1) is 5.82 Å². The van der Waals surface area contributed by atoms with E-state index in [1.54, 1.807) is 54.5 Å². The summed E-state index contributed by atoms with van der Waals surface area (Å²) in [7, 11) is 3.07. The summed E-state index contributed by atoms with van der Waals surface area (Å²) >= 11 is 0. The van der Waals surface area contributed by atoms with Crippen LogP contribution in [0.4, 0.5) is 10.1 Å². The number of hydrogen-bond acceptors (Lipinski definition) is 6. The fourth-order valence-electron chi connectivity index (χ4n) is 3.30. The Morgan fingerprint density at radius 2 is 1.71 bits per heavy atom. The van der Waals surface area contributed by atoms with E-state index in [0.717, 1.165) is 5.56 Å². The Morgan fingerprint density at radius 1 is 1.00 bits per heavy atom. The van der Waals surface area contributed by atoms with Gasteiger partial charge < -0.3 is 24.0 Å². The van der Waals surface area contributed by atoms with Gasteiger partial charge in [0.15, 0.2) is 18.1 Å². The number of carbonyl (C=O) groups excluding carboxylic acids is 2. The molecule has 2 aromatic carbocycles. The maximum Gasteiger partial charge on any atom is 0.331 e. The molecular formula is C23H25FN2O5. The summed E-state index contributed by atoms with van der Waals surface area (Å²) in [6, 6.07) is 11.8. The molecule has 0 unspecified atom stereocenters. The van der Waals surface area contributed by atoms with Crippen LogP contribution in [0.3, 0.4) is 0 Å². The van der Waals surface area contributed by atoms with Gasteiger partial charge in [0.1, 0.15) is 5.82 Å². The Balaban J connectivity index is 1.46. The van der Waals surface area contributed by atoms with Gasteiger partial charge in [0.25, 0.3) is 5.91 Å². The van der Waals surface area contributed by atoms with Gasteiger partial charge >= 0.3 is 5.97 Å². The lowest BCUT2D eigenvalue weighted by Crippen LogP contribution is -2.50. The average molecular weight is 428 g/mol. The predicted octanol–water partition coefficient (Wildman–Crippen LogP) is 2.75. The summed E-state index contributed by atoms with van der Waals surface area (Å²) < 4.78 is 29.4. The third-order valence-electron chi connectivity index (χ3n) is 4.98. The lowest BCUT2D eigenvalue weighted by atomic mass is 10.2. The molecule has 31 heavy (non-hydrogen) atoms. The van der Waals surface area contributed by atoms with E-state index < -0.39 is 5.97 Å². The SMILES string of the molecule is COc1ccc(C=CC(=O)OCC(=O)N2CCN(c3ccccc3F)CC2)cc1OC.